The van der Waals surface area contributed by atoms with Gasteiger partial charge in [0.25, 0.3) is 0 Å². The van der Waals surface area contributed by atoms with Crippen molar-refractivity contribution in [3.8, 4) is 11.5 Å². The molecule has 0 amide bonds. The van der Waals surface area contributed by atoms with Gasteiger partial charge in [-0.1, -0.05) is 13.3 Å². The summed E-state index contributed by atoms with van der Waals surface area (Å²) in [6.07, 6.45) is 5.64. The van der Waals surface area contributed by atoms with E-state index in [-0.39, 0.29) is 11.7 Å². The lowest BCUT2D eigenvalue weighted by molar-refractivity contribution is 0.0683. The third kappa shape index (κ3) is 3.44. The monoisotopic (exact) mass is 278 g/mol. The van der Waals surface area contributed by atoms with Crippen molar-refractivity contribution in [1.29, 1.82) is 0 Å². The van der Waals surface area contributed by atoms with E-state index in [9.17, 15) is 9.90 Å². The highest BCUT2D eigenvalue weighted by Crippen LogP contribution is 2.32. The SMILES string of the molecule is CCC1CCC(Oc2cc(OC)ccc2C(=O)O)CC1. The van der Waals surface area contributed by atoms with Crippen molar-refractivity contribution in [2.75, 3.05) is 7.11 Å². The van der Waals surface area contributed by atoms with Crippen LogP contribution in [0.3, 0.4) is 0 Å². The first-order chi connectivity index (χ1) is 9.63. The van der Waals surface area contributed by atoms with Gasteiger partial charge in [0.2, 0.25) is 0 Å². The normalized spacial score (nSPS) is 22.3. The van der Waals surface area contributed by atoms with Gasteiger partial charge in [-0.05, 0) is 43.7 Å². The molecule has 4 nitrogen and oxygen atoms in total. The van der Waals surface area contributed by atoms with E-state index < -0.39 is 5.97 Å². The van der Waals surface area contributed by atoms with Crippen molar-refractivity contribution < 1.29 is 19.4 Å². The molecule has 0 unspecified atom stereocenters. The first kappa shape index (κ1) is 14.7. The predicted octanol–water partition coefficient (Wildman–Crippen LogP) is 3.74. The van der Waals surface area contributed by atoms with Crippen LogP contribution in [0.2, 0.25) is 0 Å². The zero-order chi connectivity index (χ0) is 14.5. The Morgan fingerprint density at radius 1 is 1.30 bits per heavy atom. The number of ether oxygens (including phenoxy) is 2. The van der Waals surface area contributed by atoms with Gasteiger partial charge in [-0.3, -0.25) is 0 Å². The Morgan fingerprint density at radius 3 is 2.55 bits per heavy atom. The number of carboxylic acids is 1. The molecule has 2 rings (SSSR count). The number of hydrogen-bond donors (Lipinski definition) is 1. The van der Waals surface area contributed by atoms with Crippen LogP contribution in [-0.4, -0.2) is 24.3 Å². The quantitative estimate of drug-likeness (QED) is 0.891. The van der Waals surface area contributed by atoms with Crippen molar-refractivity contribution in [3.63, 3.8) is 0 Å². The molecule has 4 heteroatoms. The lowest BCUT2D eigenvalue weighted by Crippen LogP contribution is -2.24. The van der Waals surface area contributed by atoms with Crippen LogP contribution in [0.1, 0.15) is 49.4 Å². The third-order valence-electron chi connectivity index (χ3n) is 4.08. The highest BCUT2D eigenvalue weighted by Gasteiger charge is 2.23. The van der Waals surface area contributed by atoms with Crippen LogP contribution in [0.25, 0.3) is 0 Å². The van der Waals surface area contributed by atoms with Gasteiger partial charge in [-0.2, -0.15) is 0 Å². The van der Waals surface area contributed by atoms with Gasteiger partial charge < -0.3 is 14.6 Å². The van der Waals surface area contributed by atoms with E-state index in [0.717, 1.165) is 31.6 Å². The summed E-state index contributed by atoms with van der Waals surface area (Å²) in [7, 11) is 1.56. The van der Waals surface area contributed by atoms with E-state index in [4.69, 9.17) is 9.47 Å². The number of hydrogen-bond acceptors (Lipinski definition) is 3. The first-order valence-corrected chi connectivity index (χ1v) is 7.22. The van der Waals surface area contributed by atoms with E-state index in [1.807, 2.05) is 0 Å². The van der Waals surface area contributed by atoms with Crippen LogP contribution < -0.4 is 9.47 Å². The first-order valence-electron chi connectivity index (χ1n) is 7.22. The molecule has 1 aliphatic rings. The maximum Gasteiger partial charge on any atom is 0.339 e. The molecule has 0 radical (unpaired) electrons. The Labute approximate surface area is 119 Å². The number of methoxy groups -OCH3 is 1. The van der Waals surface area contributed by atoms with Crippen molar-refractivity contribution in [1.82, 2.24) is 0 Å². The van der Waals surface area contributed by atoms with Crippen LogP contribution >= 0.6 is 0 Å². The predicted molar refractivity (Wildman–Crippen MR) is 76.6 cm³/mol. The Balaban J connectivity index is 2.09. The van der Waals surface area contributed by atoms with Gasteiger partial charge in [0.15, 0.2) is 0 Å². The molecule has 1 N–H and O–H groups in total. The van der Waals surface area contributed by atoms with Crippen LogP contribution in [-0.2, 0) is 0 Å². The Kier molecular flexibility index (Phi) is 4.88. The molecule has 1 saturated carbocycles. The molecule has 0 spiro atoms. The Hall–Kier alpha value is -1.71. The van der Waals surface area contributed by atoms with Gasteiger partial charge in [-0.25, -0.2) is 4.79 Å². The van der Waals surface area contributed by atoms with Crippen LogP contribution in [0.15, 0.2) is 18.2 Å². The fourth-order valence-electron chi connectivity index (χ4n) is 2.74. The molecule has 110 valence electrons. The van der Waals surface area contributed by atoms with Gasteiger partial charge in [0.05, 0.1) is 13.2 Å². The summed E-state index contributed by atoms with van der Waals surface area (Å²) in [5.41, 5.74) is 0.198. The summed E-state index contributed by atoms with van der Waals surface area (Å²) in [6.45, 7) is 2.22. The third-order valence-corrected chi connectivity index (χ3v) is 4.08. The molecule has 0 bridgehead atoms. The number of aromatic carboxylic acids is 1. The number of rotatable bonds is 5. The van der Waals surface area contributed by atoms with Gasteiger partial charge in [0.1, 0.15) is 17.1 Å². The molecular weight excluding hydrogens is 256 g/mol. The molecule has 0 atom stereocenters. The van der Waals surface area contributed by atoms with Crippen LogP contribution in [0, 0.1) is 5.92 Å². The molecule has 0 aliphatic heterocycles. The molecule has 1 aromatic carbocycles. The molecule has 1 aliphatic carbocycles. The van der Waals surface area contributed by atoms with Crippen molar-refractivity contribution >= 4 is 5.97 Å². The zero-order valence-corrected chi connectivity index (χ0v) is 12.1. The van der Waals surface area contributed by atoms with Gasteiger partial charge >= 0.3 is 5.97 Å². The maximum atomic E-state index is 11.2. The minimum absolute atomic E-state index is 0.114. The van der Waals surface area contributed by atoms with Crippen molar-refractivity contribution in [2.24, 2.45) is 5.92 Å². The van der Waals surface area contributed by atoms with E-state index in [0.29, 0.717) is 11.5 Å². The summed E-state index contributed by atoms with van der Waals surface area (Å²) in [5, 5.41) is 9.22. The summed E-state index contributed by atoms with van der Waals surface area (Å²) in [4.78, 5) is 11.2. The standard InChI is InChI=1S/C16H22O4/c1-3-11-4-6-12(7-5-11)20-15-10-13(19-2)8-9-14(15)16(17)18/h8-12H,3-7H2,1-2H3,(H,17,18). The molecule has 1 aromatic rings. The highest BCUT2D eigenvalue weighted by atomic mass is 16.5. The molecule has 0 aromatic heterocycles. The van der Waals surface area contributed by atoms with E-state index in [1.54, 1.807) is 19.2 Å². The second kappa shape index (κ2) is 6.64. The minimum atomic E-state index is -0.968. The number of carbonyl (C=O) groups is 1. The Morgan fingerprint density at radius 2 is 2.00 bits per heavy atom. The van der Waals surface area contributed by atoms with Gasteiger partial charge in [0, 0.05) is 6.07 Å². The van der Waals surface area contributed by atoms with Gasteiger partial charge in [-0.15, -0.1) is 0 Å². The van der Waals surface area contributed by atoms with E-state index in [2.05, 4.69) is 6.92 Å². The second-order valence-electron chi connectivity index (χ2n) is 5.34. The fourth-order valence-corrected chi connectivity index (χ4v) is 2.74. The molecular formula is C16H22O4. The summed E-state index contributed by atoms with van der Waals surface area (Å²) >= 11 is 0. The topological polar surface area (TPSA) is 55.8 Å². The lowest BCUT2D eigenvalue weighted by atomic mass is 9.86. The maximum absolute atomic E-state index is 11.2. The van der Waals surface area contributed by atoms with Crippen LogP contribution in [0.5, 0.6) is 11.5 Å². The van der Waals surface area contributed by atoms with E-state index >= 15 is 0 Å². The number of carboxylic acid groups (broad SMARTS) is 1. The largest absolute Gasteiger partial charge is 0.497 e. The van der Waals surface area contributed by atoms with Crippen molar-refractivity contribution in [3.05, 3.63) is 23.8 Å². The summed E-state index contributed by atoms with van der Waals surface area (Å²) in [6, 6.07) is 4.84. The molecule has 0 saturated heterocycles. The smallest absolute Gasteiger partial charge is 0.339 e. The fraction of sp³-hybridized carbons (Fsp3) is 0.562. The van der Waals surface area contributed by atoms with Crippen molar-refractivity contribution in [2.45, 2.75) is 45.1 Å². The lowest BCUT2D eigenvalue weighted by Gasteiger charge is -2.28. The molecule has 0 heterocycles. The summed E-state index contributed by atoms with van der Waals surface area (Å²) in [5.74, 6) is 0.855. The Bertz CT molecular complexity index is 462. The summed E-state index contributed by atoms with van der Waals surface area (Å²) < 4.78 is 11.1. The average molecular weight is 278 g/mol. The highest BCUT2D eigenvalue weighted by molar-refractivity contribution is 5.91. The average Bonchev–Trinajstić information content (AvgIpc) is 2.47. The molecule has 20 heavy (non-hydrogen) atoms. The molecule has 1 fully saturated rings. The number of benzene rings is 1. The second-order valence-corrected chi connectivity index (χ2v) is 5.34. The minimum Gasteiger partial charge on any atom is -0.497 e. The van der Waals surface area contributed by atoms with Crippen LogP contribution in [0.4, 0.5) is 0 Å². The zero-order valence-electron chi connectivity index (χ0n) is 12.1. The van der Waals surface area contributed by atoms with E-state index in [1.165, 1.54) is 12.5 Å².